The predicted molar refractivity (Wildman–Crippen MR) is 92.9 cm³/mol. The zero-order valence-corrected chi connectivity index (χ0v) is 15.1. The van der Waals surface area contributed by atoms with Crippen molar-refractivity contribution in [3.63, 3.8) is 0 Å². The van der Waals surface area contributed by atoms with Gasteiger partial charge in [-0.25, -0.2) is 18.6 Å². The quantitative estimate of drug-likeness (QED) is 0.798. The number of nitrogens with zero attached hydrogens (tertiary/aromatic N) is 4. The first-order valence-corrected chi connectivity index (χ1v) is 10.8. The topological polar surface area (TPSA) is 92.6 Å². The van der Waals surface area contributed by atoms with Gasteiger partial charge in [0, 0.05) is 13.1 Å². The fraction of sp³-hybridized carbons (Fsp3) is 0.333. The van der Waals surface area contributed by atoms with Gasteiger partial charge >= 0.3 is 0 Å². The number of hydrogen-bond donors (Lipinski definition) is 0. The third-order valence-electron chi connectivity index (χ3n) is 3.80. The molecule has 0 amide bonds. The highest BCUT2D eigenvalue weighted by atomic mass is 32.3. The van der Waals surface area contributed by atoms with Crippen LogP contribution in [-0.2, 0) is 19.8 Å². The van der Waals surface area contributed by atoms with E-state index in [1.54, 1.807) is 17.0 Å². The number of aryl methyl sites for hydroxylation is 1. The molecule has 1 aromatic heterocycles. The van der Waals surface area contributed by atoms with Crippen molar-refractivity contribution in [2.24, 2.45) is 3.77 Å². The Morgan fingerprint density at radius 3 is 2.24 bits per heavy atom. The van der Waals surface area contributed by atoms with Gasteiger partial charge in [0.2, 0.25) is 5.95 Å². The Balaban J connectivity index is 1.79. The van der Waals surface area contributed by atoms with E-state index in [1.807, 2.05) is 6.92 Å². The highest BCUT2D eigenvalue weighted by molar-refractivity contribution is 8.03. The Morgan fingerprint density at radius 2 is 1.68 bits per heavy atom. The molecule has 1 aliphatic heterocycles. The summed E-state index contributed by atoms with van der Waals surface area (Å²) in [5, 5.41) is 0. The van der Waals surface area contributed by atoms with Gasteiger partial charge in [-0.1, -0.05) is 17.7 Å². The molecule has 3 rings (SSSR count). The van der Waals surface area contributed by atoms with E-state index in [-0.39, 0.29) is 29.5 Å². The summed E-state index contributed by atoms with van der Waals surface area (Å²) < 4.78 is 54.2. The summed E-state index contributed by atoms with van der Waals surface area (Å²) in [6.07, 6.45) is 2.11. The van der Waals surface area contributed by atoms with Crippen LogP contribution in [0.3, 0.4) is 0 Å². The molecule has 0 spiro atoms. The van der Waals surface area contributed by atoms with Gasteiger partial charge in [0.05, 0.1) is 38.5 Å². The van der Waals surface area contributed by atoms with Crippen LogP contribution in [0.25, 0.3) is 0 Å². The number of hydrogen-bond acceptors (Lipinski definition) is 6. The van der Waals surface area contributed by atoms with Crippen LogP contribution in [0.15, 0.2) is 45.3 Å². The molecule has 134 valence electrons. The van der Waals surface area contributed by atoms with Gasteiger partial charge in [0.15, 0.2) is 5.82 Å². The smallest absolute Gasteiger partial charge is 0.290 e. The second-order valence-corrected chi connectivity index (χ2v) is 10.1. The number of aromatic nitrogens is 2. The SMILES string of the molecule is Cc1ccc(S(=O)(=O)N=S2(=O)CCN(c3ncc(F)cn3)CC2)cc1. The number of sulfonamides is 1. The maximum Gasteiger partial charge on any atom is 0.290 e. The predicted octanol–water partition coefficient (Wildman–Crippen LogP) is 1.60. The molecule has 10 heteroatoms. The second-order valence-electron chi connectivity index (χ2n) is 5.73. The molecule has 0 radical (unpaired) electrons. The second kappa shape index (κ2) is 6.68. The zero-order valence-electron chi connectivity index (χ0n) is 13.5. The van der Waals surface area contributed by atoms with E-state index < -0.39 is 25.6 Å². The van der Waals surface area contributed by atoms with Crippen LogP contribution in [0.5, 0.6) is 0 Å². The van der Waals surface area contributed by atoms with Gasteiger partial charge in [0.1, 0.15) is 0 Å². The van der Waals surface area contributed by atoms with Crippen LogP contribution in [0.2, 0.25) is 0 Å². The lowest BCUT2D eigenvalue weighted by atomic mass is 10.2. The van der Waals surface area contributed by atoms with Gasteiger partial charge in [0.25, 0.3) is 10.0 Å². The molecule has 2 heterocycles. The first-order chi connectivity index (χ1) is 11.8. The van der Waals surface area contributed by atoms with Crippen LogP contribution in [0, 0.1) is 12.7 Å². The molecule has 1 aromatic carbocycles. The summed E-state index contributed by atoms with van der Waals surface area (Å²) in [4.78, 5) is 9.52. The van der Waals surface area contributed by atoms with Crippen molar-refractivity contribution in [1.82, 2.24) is 9.97 Å². The van der Waals surface area contributed by atoms with E-state index >= 15 is 0 Å². The summed E-state index contributed by atoms with van der Waals surface area (Å²) in [6.45, 7) is 2.43. The number of benzene rings is 1. The normalized spacial score (nSPS) is 17.3. The average molecular weight is 384 g/mol. The Bertz CT molecular complexity index is 968. The van der Waals surface area contributed by atoms with Gasteiger partial charge in [-0.2, -0.15) is 8.42 Å². The highest BCUT2D eigenvalue weighted by Crippen LogP contribution is 2.19. The zero-order chi connectivity index (χ0) is 18.1. The Kier molecular flexibility index (Phi) is 4.74. The largest absolute Gasteiger partial charge is 0.339 e. The number of rotatable bonds is 3. The van der Waals surface area contributed by atoms with Crippen molar-refractivity contribution in [2.45, 2.75) is 11.8 Å². The van der Waals surface area contributed by atoms with E-state index in [4.69, 9.17) is 0 Å². The lowest BCUT2D eigenvalue weighted by Crippen LogP contribution is -2.41. The lowest BCUT2D eigenvalue weighted by Gasteiger charge is -2.28. The minimum atomic E-state index is -3.97. The van der Waals surface area contributed by atoms with Crippen molar-refractivity contribution >= 4 is 25.7 Å². The molecular weight excluding hydrogens is 367 g/mol. The summed E-state index contributed by atoms with van der Waals surface area (Å²) in [7, 11) is -6.86. The van der Waals surface area contributed by atoms with E-state index in [2.05, 4.69) is 13.7 Å². The fourth-order valence-electron chi connectivity index (χ4n) is 2.39. The maximum absolute atomic E-state index is 12.9. The molecule has 25 heavy (non-hydrogen) atoms. The van der Waals surface area contributed by atoms with Crippen LogP contribution >= 0.6 is 0 Å². The van der Waals surface area contributed by atoms with Gasteiger partial charge in [-0.3, -0.25) is 0 Å². The molecule has 0 saturated carbocycles. The van der Waals surface area contributed by atoms with Gasteiger partial charge in [-0.05, 0) is 19.1 Å². The summed E-state index contributed by atoms with van der Waals surface area (Å²) in [6, 6.07) is 6.25. The molecule has 0 N–H and O–H groups in total. The minimum Gasteiger partial charge on any atom is -0.339 e. The van der Waals surface area contributed by atoms with Crippen LogP contribution in [0.4, 0.5) is 10.3 Å². The van der Waals surface area contributed by atoms with Gasteiger partial charge < -0.3 is 4.90 Å². The molecule has 0 unspecified atom stereocenters. The highest BCUT2D eigenvalue weighted by Gasteiger charge is 2.25. The maximum atomic E-state index is 12.9. The number of halogens is 1. The Morgan fingerprint density at radius 1 is 1.12 bits per heavy atom. The van der Waals surface area contributed by atoms with Crippen molar-refractivity contribution < 1.29 is 17.0 Å². The van der Waals surface area contributed by atoms with E-state index in [9.17, 15) is 17.0 Å². The summed E-state index contributed by atoms with van der Waals surface area (Å²) in [5.74, 6) is -0.0505. The van der Waals surface area contributed by atoms with Crippen LogP contribution in [0.1, 0.15) is 5.56 Å². The molecule has 1 saturated heterocycles. The molecule has 2 aromatic rings. The van der Waals surface area contributed by atoms with Crippen molar-refractivity contribution in [3.05, 3.63) is 48.0 Å². The van der Waals surface area contributed by atoms with E-state index in [1.165, 1.54) is 12.1 Å². The van der Waals surface area contributed by atoms with E-state index in [0.29, 0.717) is 5.95 Å². The third kappa shape index (κ3) is 4.13. The van der Waals surface area contributed by atoms with Crippen molar-refractivity contribution in [1.29, 1.82) is 0 Å². The summed E-state index contributed by atoms with van der Waals surface area (Å²) >= 11 is 0. The minimum absolute atomic E-state index is 0.0325. The first-order valence-electron chi connectivity index (χ1n) is 7.55. The monoisotopic (exact) mass is 384 g/mol. The molecular formula is C15H17FN4O3S2. The molecule has 1 aliphatic rings. The molecule has 0 bridgehead atoms. The fourth-order valence-corrected chi connectivity index (χ4v) is 6.46. The molecule has 7 nitrogen and oxygen atoms in total. The molecule has 0 aliphatic carbocycles. The summed E-state index contributed by atoms with van der Waals surface area (Å²) in [5.41, 5.74) is 0.927. The molecule has 1 fully saturated rings. The van der Waals surface area contributed by atoms with Crippen LogP contribution < -0.4 is 4.90 Å². The number of anilines is 1. The first kappa shape index (κ1) is 17.7. The third-order valence-corrected chi connectivity index (χ3v) is 8.18. The Hall–Kier alpha value is -2.07. The van der Waals surface area contributed by atoms with E-state index in [0.717, 1.165) is 18.0 Å². The average Bonchev–Trinajstić information content (AvgIpc) is 2.56. The van der Waals surface area contributed by atoms with Gasteiger partial charge in [-0.15, -0.1) is 3.77 Å². The standard InChI is InChI=1S/C15H17FN4O3S2/c1-12-2-4-14(5-3-12)25(22,23)19-24(21)8-6-20(7-9-24)15-17-10-13(16)11-18-15/h2-5,10-11H,6-9H2,1H3. The lowest BCUT2D eigenvalue weighted by molar-refractivity contribution is 0.597. The Labute approximate surface area is 146 Å². The molecule has 0 atom stereocenters. The van der Waals surface area contributed by atoms with Crippen molar-refractivity contribution in [2.75, 3.05) is 29.5 Å². The van der Waals surface area contributed by atoms with Crippen LogP contribution in [-0.4, -0.2) is 47.2 Å². The van der Waals surface area contributed by atoms with Crippen molar-refractivity contribution in [3.8, 4) is 0 Å².